The number of ether oxygens (including phenoxy) is 4. The second kappa shape index (κ2) is 19.5. The van der Waals surface area contributed by atoms with E-state index in [0.29, 0.717) is 44.0 Å². The predicted octanol–water partition coefficient (Wildman–Crippen LogP) is 7.02. The van der Waals surface area contributed by atoms with Gasteiger partial charge >= 0.3 is 5.97 Å². The Bertz CT molecular complexity index is 1040. The van der Waals surface area contributed by atoms with E-state index in [2.05, 4.69) is 28.1 Å². The minimum atomic E-state index is -0.178. The fraction of sp³-hybridized carbons (Fsp3) is 0.562. The number of nitrogens with zero attached hydrogens (tertiary/aromatic N) is 1. The van der Waals surface area contributed by atoms with Gasteiger partial charge in [-0.05, 0) is 87.8 Å². The number of halogens is 1. The number of rotatable bonds is 20. The van der Waals surface area contributed by atoms with Crippen molar-refractivity contribution in [2.45, 2.75) is 71.6 Å². The fourth-order valence-corrected chi connectivity index (χ4v) is 4.85. The summed E-state index contributed by atoms with van der Waals surface area (Å²) in [5.74, 6) is 1.39. The number of hydrogen-bond donors (Lipinski definition) is 0. The van der Waals surface area contributed by atoms with Crippen LogP contribution in [0.5, 0.6) is 11.5 Å². The van der Waals surface area contributed by atoms with Gasteiger partial charge in [-0.2, -0.15) is 0 Å². The number of aryl methyl sites for hydroxylation is 1. The molecule has 0 aliphatic heterocycles. The highest BCUT2D eigenvalue weighted by atomic mass is 79.9. The van der Waals surface area contributed by atoms with Crippen molar-refractivity contribution in [2.24, 2.45) is 0 Å². The SMILES string of the molecule is CCOCCCc1c(CCCCCCOc2cc(Br)cc(C(=O)N(C)C)c2)cccc1OCCCC(=O)OCC. The van der Waals surface area contributed by atoms with Gasteiger partial charge in [0, 0.05) is 43.8 Å². The van der Waals surface area contributed by atoms with E-state index in [9.17, 15) is 9.59 Å². The molecule has 1 amide bonds. The molecule has 0 aromatic heterocycles. The maximum absolute atomic E-state index is 12.3. The first kappa shape index (κ1) is 33.6. The van der Waals surface area contributed by atoms with Crippen molar-refractivity contribution in [1.29, 1.82) is 0 Å². The van der Waals surface area contributed by atoms with Gasteiger partial charge in [0.1, 0.15) is 11.5 Å². The molecule has 0 bridgehead atoms. The third kappa shape index (κ3) is 12.7. The lowest BCUT2D eigenvalue weighted by Gasteiger charge is -2.16. The third-order valence-corrected chi connectivity index (χ3v) is 6.83. The molecule has 0 aliphatic rings. The van der Waals surface area contributed by atoms with Crippen molar-refractivity contribution in [3.63, 3.8) is 0 Å². The van der Waals surface area contributed by atoms with Crippen LogP contribution in [-0.4, -0.2) is 63.9 Å². The molecule has 0 spiro atoms. The number of benzene rings is 2. The van der Waals surface area contributed by atoms with Crippen LogP contribution in [0.1, 0.15) is 80.3 Å². The summed E-state index contributed by atoms with van der Waals surface area (Å²) in [6.45, 7) is 6.80. The van der Waals surface area contributed by atoms with E-state index in [4.69, 9.17) is 18.9 Å². The fourth-order valence-electron chi connectivity index (χ4n) is 4.38. The summed E-state index contributed by atoms with van der Waals surface area (Å²) in [7, 11) is 3.48. The Hall–Kier alpha value is -2.58. The van der Waals surface area contributed by atoms with Crippen molar-refractivity contribution in [1.82, 2.24) is 4.90 Å². The highest BCUT2D eigenvalue weighted by molar-refractivity contribution is 9.10. The van der Waals surface area contributed by atoms with Gasteiger partial charge in [-0.25, -0.2) is 0 Å². The summed E-state index contributed by atoms with van der Waals surface area (Å²) in [6.07, 6.45) is 8.06. The Balaban J connectivity index is 1.82. The third-order valence-electron chi connectivity index (χ3n) is 6.37. The van der Waals surface area contributed by atoms with Crippen LogP contribution in [0.2, 0.25) is 0 Å². The normalized spacial score (nSPS) is 10.8. The molecule has 0 saturated carbocycles. The second-order valence-electron chi connectivity index (χ2n) is 9.84. The van der Waals surface area contributed by atoms with Gasteiger partial charge in [-0.3, -0.25) is 9.59 Å². The highest BCUT2D eigenvalue weighted by Gasteiger charge is 2.12. The lowest BCUT2D eigenvalue weighted by atomic mass is 9.97. The molecule has 0 unspecified atom stereocenters. The number of hydrogen-bond acceptors (Lipinski definition) is 6. The van der Waals surface area contributed by atoms with Crippen LogP contribution in [0.15, 0.2) is 40.9 Å². The highest BCUT2D eigenvalue weighted by Crippen LogP contribution is 2.27. The molecule has 0 radical (unpaired) electrons. The van der Waals surface area contributed by atoms with E-state index in [-0.39, 0.29) is 11.9 Å². The molecule has 2 aromatic carbocycles. The lowest BCUT2D eigenvalue weighted by Crippen LogP contribution is -2.21. The van der Waals surface area contributed by atoms with E-state index in [0.717, 1.165) is 68.4 Å². The van der Waals surface area contributed by atoms with Gasteiger partial charge in [0.25, 0.3) is 5.91 Å². The molecule has 2 rings (SSSR count). The van der Waals surface area contributed by atoms with E-state index in [1.165, 1.54) is 11.1 Å². The molecule has 2 aromatic rings. The Morgan fingerprint density at radius 1 is 0.825 bits per heavy atom. The molecule has 0 N–H and O–H groups in total. The average Bonchev–Trinajstić information content (AvgIpc) is 2.93. The summed E-state index contributed by atoms with van der Waals surface area (Å²) in [5, 5.41) is 0. The maximum atomic E-state index is 12.3. The van der Waals surface area contributed by atoms with Gasteiger partial charge in [0.05, 0.1) is 19.8 Å². The van der Waals surface area contributed by atoms with Crippen LogP contribution in [0.25, 0.3) is 0 Å². The lowest BCUT2D eigenvalue weighted by molar-refractivity contribution is -0.143. The molecular formula is C32H46BrNO6. The number of esters is 1. The molecule has 8 heteroatoms. The van der Waals surface area contributed by atoms with Crippen LogP contribution in [-0.2, 0) is 27.1 Å². The number of unbranched alkanes of at least 4 members (excludes halogenated alkanes) is 3. The zero-order valence-electron chi connectivity index (χ0n) is 24.6. The first-order valence-electron chi connectivity index (χ1n) is 14.5. The Labute approximate surface area is 248 Å². The largest absolute Gasteiger partial charge is 0.494 e. The Kier molecular flexibility index (Phi) is 16.4. The Morgan fingerprint density at radius 2 is 1.60 bits per heavy atom. The maximum Gasteiger partial charge on any atom is 0.305 e. The summed E-state index contributed by atoms with van der Waals surface area (Å²) >= 11 is 3.47. The molecular weight excluding hydrogens is 574 g/mol. The molecule has 7 nitrogen and oxygen atoms in total. The van der Waals surface area contributed by atoms with Crippen LogP contribution >= 0.6 is 15.9 Å². The zero-order valence-corrected chi connectivity index (χ0v) is 26.2. The minimum absolute atomic E-state index is 0.0467. The van der Waals surface area contributed by atoms with E-state index in [1.807, 2.05) is 32.0 Å². The molecule has 0 atom stereocenters. The predicted molar refractivity (Wildman–Crippen MR) is 162 cm³/mol. The number of carbonyl (C=O) groups is 2. The summed E-state index contributed by atoms with van der Waals surface area (Å²) in [6, 6.07) is 11.8. The van der Waals surface area contributed by atoms with Crippen LogP contribution in [0.3, 0.4) is 0 Å². The van der Waals surface area contributed by atoms with Gasteiger partial charge in [0.2, 0.25) is 0 Å². The molecule has 0 heterocycles. The van der Waals surface area contributed by atoms with Crippen molar-refractivity contribution in [2.75, 3.05) is 47.1 Å². The molecule has 0 saturated heterocycles. The van der Waals surface area contributed by atoms with Crippen LogP contribution in [0.4, 0.5) is 0 Å². The minimum Gasteiger partial charge on any atom is -0.494 e. The summed E-state index contributed by atoms with van der Waals surface area (Å²) in [5.41, 5.74) is 3.18. The van der Waals surface area contributed by atoms with Crippen molar-refractivity contribution in [3.8, 4) is 11.5 Å². The van der Waals surface area contributed by atoms with Crippen LogP contribution in [0, 0.1) is 0 Å². The monoisotopic (exact) mass is 619 g/mol. The van der Waals surface area contributed by atoms with Gasteiger partial charge in [0.15, 0.2) is 0 Å². The van der Waals surface area contributed by atoms with Crippen molar-refractivity contribution < 1.29 is 28.5 Å². The zero-order chi connectivity index (χ0) is 29.2. The van der Waals surface area contributed by atoms with E-state index in [1.54, 1.807) is 25.1 Å². The van der Waals surface area contributed by atoms with Gasteiger partial charge in [-0.1, -0.05) is 40.9 Å². The van der Waals surface area contributed by atoms with Crippen LogP contribution < -0.4 is 9.47 Å². The standard InChI is InChI=1S/C32H46BrNO6/c1-5-37-19-12-16-29-25(15-11-17-30(29)40-21-13-18-31(35)38-6-2)14-9-7-8-10-20-39-28-23-26(22-27(33)24-28)32(36)34(3)4/h11,15,17,22-24H,5-10,12-14,16,18-21H2,1-4H3. The first-order chi connectivity index (χ1) is 19.3. The molecule has 0 aliphatic carbocycles. The number of carbonyl (C=O) groups excluding carboxylic acids is 2. The summed E-state index contributed by atoms with van der Waals surface area (Å²) in [4.78, 5) is 25.5. The molecule has 222 valence electrons. The van der Waals surface area contributed by atoms with Crippen molar-refractivity contribution in [3.05, 3.63) is 57.6 Å². The summed E-state index contributed by atoms with van der Waals surface area (Å²) < 4.78 is 23.5. The van der Waals surface area contributed by atoms with Crippen molar-refractivity contribution >= 4 is 27.8 Å². The van der Waals surface area contributed by atoms with E-state index < -0.39 is 0 Å². The second-order valence-corrected chi connectivity index (χ2v) is 10.8. The average molecular weight is 621 g/mol. The Morgan fingerprint density at radius 3 is 2.35 bits per heavy atom. The smallest absolute Gasteiger partial charge is 0.305 e. The molecule has 0 fully saturated rings. The van der Waals surface area contributed by atoms with Gasteiger partial charge in [-0.15, -0.1) is 0 Å². The quantitative estimate of drug-likeness (QED) is 0.117. The van der Waals surface area contributed by atoms with E-state index >= 15 is 0 Å². The first-order valence-corrected chi connectivity index (χ1v) is 15.3. The molecule has 40 heavy (non-hydrogen) atoms. The topological polar surface area (TPSA) is 74.3 Å². The number of amides is 1. The van der Waals surface area contributed by atoms with Gasteiger partial charge < -0.3 is 23.8 Å².